The molecule has 2 N–H and O–H groups in total. The number of nitrogens with one attached hydrogen (secondary N) is 1. The average Bonchev–Trinajstić information content (AvgIpc) is 2.77. The minimum atomic E-state index is -0.261. The highest BCUT2D eigenvalue weighted by atomic mass is 16.3. The smallest absolute Gasteiger partial charge is 0.257 e. The van der Waals surface area contributed by atoms with Crippen molar-refractivity contribution in [3.8, 4) is 5.75 Å². The Hall–Kier alpha value is -2.37. The summed E-state index contributed by atoms with van der Waals surface area (Å²) in [5.74, 6) is 1.00. The van der Waals surface area contributed by atoms with E-state index in [1.54, 1.807) is 39.1 Å². The molecule has 0 unspecified atom stereocenters. The van der Waals surface area contributed by atoms with Crippen LogP contribution in [0.15, 0.2) is 18.2 Å². The Bertz CT molecular complexity index is 606. The number of aryl methyl sites for hydroxylation is 2. The lowest BCUT2D eigenvalue weighted by Gasteiger charge is -2.16. The third-order valence-corrected chi connectivity index (χ3v) is 2.84. The van der Waals surface area contributed by atoms with Crippen LogP contribution in [0.4, 0.5) is 0 Å². The maximum absolute atomic E-state index is 12.2. The van der Waals surface area contributed by atoms with Gasteiger partial charge in [-0.2, -0.15) is 5.10 Å². The van der Waals surface area contributed by atoms with E-state index in [0.29, 0.717) is 17.2 Å². The number of benzene rings is 1. The second-order valence-electron chi connectivity index (χ2n) is 4.47. The average molecular weight is 260 g/mol. The van der Waals surface area contributed by atoms with Crippen LogP contribution in [-0.2, 0) is 6.54 Å². The molecule has 0 spiro atoms. The number of hydrogen-bond donors (Lipinski definition) is 2. The number of aromatic nitrogens is 3. The molecule has 0 bridgehead atoms. The van der Waals surface area contributed by atoms with Crippen molar-refractivity contribution < 1.29 is 9.90 Å². The summed E-state index contributed by atoms with van der Waals surface area (Å²) in [5.41, 5.74) is 0.961. The van der Waals surface area contributed by atoms with Gasteiger partial charge in [0.15, 0.2) is 5.82 Å². The molecular weight excluding hydrogens is 244 g/mol. The van der Waals surface area contributed by atoms with Gasteiger partial charge in [-0.15, -0.1) is 0 Å². The number of para-hydroxylation sites is 1. The van der Waals surface area contributed by atoms with E-state index in [9.17, 15) is 9.90 Å². The lowest BCUT2D eigenvalue weighted by molar-refractivity contribution is 0.0778. The number of aromatic hydroxyl groups is 1. The van der Waals surface area contributed by atoms with Gasteiger partial charge < -0.3 is 10.0 Å². The van der Waals surface area contributed by atoms with Crippen molar-refractivity contribution in [2.45, 2.75) is 20.4 Å². The minimum absolute atomic E-state index is 0.0190. The quantitative estimate of drug-likeness (QED) is 0.874. The van der Waals surface area contributed by atoms with Crippen molar-refractivity contribution in [2.75, 3.05) is 7.05 Å². The summed E-state index contributed by atoms with van der Waals surface area (Å²) in [4.78, 5) is 17.8. The highest BCUT2D eigenvalue weighted by Gasteiger charge is 2.18. The molecule has 6 heteroatoms. The van der Waals surface area contributed by atoms with Crippen LogP contribution in [0, 0.1) is 13.8 Å². The molecule has 0 saturated heterocycles. The van der Waals surface area contributed by atoms with Crippen LogP contribution in [0.3, 0.4) is 0 Å². The van der Waals surface area contributed by atoms with Crippen LogP contribution in [-0.4, -0.2) is 38.1 Å². The van der Waals surface area contributed by atoms with Crippen LogP contribution < -0.4 is 0 Å². The first-order valence-electron chi connectivity index (χ1n) is 5.91. The molecule has 2 rings (SSSR count). The lowest BCUT2D eigenvalue weighted by atomic mass is 10.1. The molecular formula is C13H16N4O2. The minimum Gasteiger partial charge on any atom is -0.507 e. The van der Waals surface area contributed by atoms with Crippen LogP contribution in [0.1, 0.15) is 27.6 Å². The molecule has 0 aliphatic heterocycles. The first kappa shape index (κ1) is 13.1. The van der Waals surface area contributed by atoms with E-state index in [-0.39, 0.29) is 23.8 Å². The Balaban J connectivity index is 2.17. The Morgan fingerprint density at radius 3 is 2.79 bits per heavy atom. The number of phenolic OH excluding ortho intramolecular Hbond substituents is 1. The van der Waals surface area contributed by atoms with Crippen molar-refractivity contribution in [1.29, 1.82) is 0 Å². The number of aromatic amines is 1. The number of H-pyrrole nitrogens is 1. The van der Waals surface area contributed by atoms with Gasteiger partial charge in [-0.3, -0.25) is 9.89 Å². The molecule has 1 aromatic carbocycles. The van der Waals surface area contributed by atoms with E-state index in [4.69, 9.17) is 0 Å². The summed E-state index contributed by atoms with van der Waals surface area (Å²) in [7, 11) is 1.65. The summed E-state index contributed by atoms with van der Waals surface area (Å²) >= 11 is 0. The van der Waals surface area contributed by atoms with E-state index in [1.165, 1.54) is 4.90 Å². The van der Waals surface area contributed by atoms with Gasteiger partial charge in [0.1, 0.15) is 11.6 Å². The Morgan fingerprint density at radius 2 is 2.16 bits per heavy atom. The van der Waals surface area contributed by atoms with Crippen molar-refractivity contribution in [3.63, 3.8) is 0 Å². The van der Waals surface area contributed by atoms with Gasteiger partial charge in [0.2, 0.25) is 0 Å². The predicted octanol–water partition coefficient (Wildman–Crippen LogP) is 1.40. The second kappa shape index (κ2) is 5.09. The topological polar surface area (TPSA) is 82.1 Å². The molecule has 19 heavy (non-hydrogen) atoms. The SMILES string of the molecule is Cc1nc(CN(C)C(=O)c2cccc(C)c2O)n[nH]1. The third kappa shape index (κ3) is 2.73. The van der Waals surface area contributed by atoms with Gasteiger partial charge in [-0.05, 0) is 25.5 Å². The van der Waals surface area contributed by atoms with E-state index in [1.807, 2.05) is 0 Å². The molecule has 100 valence electrons. The number of hydrogen-bond acceptors (Lipinski definition) is 4. The number of carbonyl (C=O) groups is 1. The third-order valence-electron chi connectivity index (χ3n) is 2.84. The molecule has 1 amide bonds. The van der Waals surface area contributed by atoms with Gasteiger partial charge in [0.25, 0.3) is 5.91 Å². The van der Waals surface area contributed by atoms with Crippen LogP contribution in [0.25, 0.3) is 0 Å². The number of carbonyl (C=O) groups excluding carboxylic acids is 1. The van der Waals surface area contributed by atoms with Crippen LogP contribution in [0.5, 0.6) is 5.75 Å². The lowest BCUT2D eigenvalue weighted by Crippen LogP contribution is -2.26. The molecule has 0 saturated carbocycles. The van der Waals surface area contributed by atoms with Crippen molar-refractivity contribution >= 4 is 5.91 Å². The van der Waals surface area contributed by atoms with Crippen LogP contribution >= 0.6 is 0 Å². The van der Waals surface area contributed by atoms with E-state index in [2.05, 4.69) is 15.2 Å². The van der Waals surface area contributed by atoms with Crippen LogP contribution in [0.2, 0.25) is 0 Å². The second-order valence-corrected chi connectivity index (χ2v) is 4.47. The van der Waals surface area contributed by atoms with E-state index >= 15 is 0 Å². The van der Waals surface area contributed by atoms with E-state index in [0.717, 1.165) is 0 Å². The Morgan fingerprint density at radius 1 is 1.42 bits per heavy atom. The highest BCUT2D eigenvalue weighted by Crippen LogP contribution is 2.22. The first-order valence-corrected chi connectivity index (χ1v) is 5.91. The zero-order chi connectivity index (χ0) is 14.0. The molecule has 0 aliphatic rings. The fourth-order valence-electron chi connectivity index (χ4n) is 1.78. The number of phenols is 1. The van der Waals surface area contributed by atoms with Gasteiger partial charge in [0, 0.05) is 7.05 Å². The molecule has 1 heterocycles. The normalized spacial score (nSPS) is 10.5. The largest absolute Gasteiger partial charge is 0.507 e. The zero-order valence-corrected chi connectivity index (χ0v) is 11.1. The molecule has 0 atom stereocenters. The molecule has 2 aromatic rings. The zero-order valence-electron chi connectivity index (χ0n) is 11.1. The summed E-state index contributed by atoms with van der Waals surface area (Å²) in [6, 6.07) is 5.10. The number of amides is 1. The summed E-state index contributed by atoms with van der Waals surface area (Å²) in [6.45, 7) is 3.84. The molecule has 0 radical (unpaired) electrons. The highest BCUT2D eigenvalue weighted by molar-refractivity contribution is 5.97. The monoisotopic (exact) mass is 260 g/mol. The Labute approximate surface area is 111 Å². The van der Waals surface area contributed by atoms with Crippen molar-refractivity contribution in [3.05, 3.63) is 41.0 Å². The maximum Gasteiger partial charge on any atom is 0.257 e. The standard InChI is InChI=1S/C13H16N4O2/c1-8-5-4-6-10(12(8)18)13(19)17(3)7-11-14-9(2)15-16-11/h4-6,18H,7H2,1-3H3,(H,14,15,16). The van der Waals surface area contributed by atoms with Gasteiger partial charge >= 0.3 is 0 Å². The summed E-state index contributed by atoms with van der Waals surface area (Å²) in [5, 5.41) is 16.6. The number of rotatable bonds is 3. The molecule has 0 aliphatic carbocycles. The van der Waals surface area contributed by atoms with Gasteiger partial charge in [-0.1, -0.05) is 12.1 Å². The van der Waals surface area contributed by atoms with Gasteiger partial charge in [0.05, 0.1) is 12.1 Å². The maximum atomic E-state index is 12.2. The first-order chi connectivity index (χ1) is 8.99. The van der Waals surface area contributed by atoms with Gasteiger partial charge in [-0.25, -0.2) is 4.98 Å². The number of nitrogens with zero attached hydrogens (tertiary/aromatic N) is 3. The molecule has 1 aromatic heterocycles. The predicted molar refractivity (Wildman–Crippen MR) is 69.8 cm³/mol. The van der Waals surface area contributed by atoms with E-state index < -0.39 is 0 Å². The Kier molecular flexibility index (Phi) is 3.50. The molecule has 0 fully saturated rings. The molecule has 6 nitrogen and oxygen atoms in total. The summed E-state index contributed by atoms with van der Waals surface area (Å²) in [6.07, 6.45) is 0. The summed E-state index contributed by atoms with van der Waals surface area (Å²) < 4.78 is 0. The van der Waals surface area contributed by atoms with Crippen molar-refractivity contribution in [1.82, 2.24) is 20.1 Å². The van der Waals surface area contributed by atoms with Crippen molar-refractivity contribution in [2.24, 2.45) is 0 Å². The fraction of sp³-hybridized carbons (Fsp3) is 0.308. The fourth-order valence-corrected chi connectivity index (χ4v) is 1.78.